The summed E-state index contributed by atoms with van der Waals surface area (Å²) in [6, 6.07) is 17.9. The maximum absolute atomic E-state index is 12.8. The van der Waals surface area contributed by atoms with Crippen LogP contribution in [0, 0.1) is 0 Å². The van der Waals surface area contributed by atoms with E-state index in [2.05, 4.69) is 21.0 Å². The molecule has 0 bridgehead atoms. The number of hydrogen-bond acceptors (Lipinski definition) is 3. The summed E-state index contributed by atoms with van der Waals surface area (Å²) in [5.74, 6) is -0.638. The minimum atomic E-state index is -1.80. The number of halogens is 1. The molecular formula is C21H28BrNO3. The molecule has 0 aliphatic rings. The molecule has 142 valence electrons. The number of aliphatic hydroxyl groups is 1. The lowest BCUT2D eigenvalue weighted by atomic mass is 9.86. The van der Waals surface area contributed by atoms with Crippen molar-refractivity contribution in [2.24, 2.45) is 0 Å². The Bertz CT molecular complexity index is 635. The number of carbonyl (C=O) groups is 1. The quantitative estimate of drug-likeness (QED) is 0.480. The molecule has 4 nitrogen and oxygen atoms in total. The van der Waals surface area contributed by atoms with Crippen LogP contribution in [0.5, 0.6) is 0 Å². The summed E-state index contributed by atoms with van der Waals surface area (Å²) < 4.78 is 6.27. The van der Waals surface area contributed by atoms with Gasteiger partial charge < -0.3 is 31.3 Å². The van der Waals surface area contributed by atoms with Gasteiger partial charge in [-0.05, 0) is 17.5 Å². The van der Waals surface area contributed by atoms with Gasteiger partial charge in [0.1, 0.15) is 13.2 Å². The Hall–Kier alpha value is -1.69. The van der Waals surface area contributed by atoms with E-state index in [4.69, 9.17) is 4.74 Å². The van der Waals surface area contributed by atoms with E-state index in [1.54, 1.807) is 48.5 Å². The van der Waals surface area contributed by atoms with Gasteiger partial charge in [-0.2, -0.15) is 0 Å². The summed E-state index contributed by atoms with van der Waals surface area (Å²) >= 11 is 0. The average molecular weight is 422 g/mol. The predicted molar refractivity (Wildman–Crippen MR) is 99.0 cm³/mol. The molecule has 2 rings (SSSR count). The zero-order chi connectivity index (χ0) is 18.3. The maximum atomic E-state index is 12.8. The molecule has 5 heteroatoms. The lowest BCUT2D eigenvalue weighted by Gasteiger charge is -2.31. The molecule has 1 N–H and O–H groups in total. The predicted octanol–water partition coefficient (Wildman–Crippen LogP) is -0.0439. The van der Waals surface area contributed by atoms with Crippen LogP contribution in [0.25, 0.3) is 0 Å². The SMILES string of the molecule is CCC[N+](C)(C)CCOC(=O)C(O)(c1ccccc1)c1ccccc1.[Br-]. The Labute approximate surface area is 166 Å². The number of likely N-dealkylation sites (N-methyl/N-ethyl adjacent to an activating group) is 1. The summed E-state index contributed by atoms with van der Waals surface area (Å²) in [6.45, 7) is 4.13. The zero-order valence-electron chi connectivity index (χ0n) is 15.7. The van der Waals surface area contributed by atoms with Crippen molar-refractivity contribution in [3.05, 3.63) is 71.8 Å². The van der Waals surface area contributed by atoms with Crippen LogP contribution in [0.2, 0.25) is 0 Å². The van der Waals surface area contributed by atoms with Gasteiger partial charge in [0.2, 0.25) is 5.60 Å². The van der Waals surface area contributed by atoms with Crippen LogP contribution >= 0.6 is 0 Å². The Morgan fingerprint density at radius 1 is 0.962 bits per heavy atom. The largest absolute Gasteiger partial charge is 1.00 e. The number of esters is 1. The van der Waals surface area contributed by atoms with Crippen molar-refractivity contribution in [3.8, 4) is 0 Å². The number of ether oxygens (including phenoxy) is 1. The van der Waals surface area contributed by atoms with Crippen LogP contribution in [0.3, 0.4) is 0 Å². The molecule has 0 aromatic heterocycles. The average Bonchev–Trinajstić information content (AvgIpc) is 2.62. The van der Waals surface area contributed by atoms with E-state index in [9.17, 15) is 9.90 Å². The molecule has 26 heavy (non-hydrogen) atoms. The molecule has 0 saturated heterocycles. The lowest BCUT2D eigenvalue weighted by Crippen LogP contribution is -3.00. The van der Waals surface area contributed by atoms with Gasteiger partial charge >= 0.3 is 5.97 Å². The van der Waals surface area contributed by atoms with Crippen molar-refractivity contribution >= 4 is 5.97 Å². The van der Waals surface area contributed by atoms with Gasteiger partial charge in [0.05, 0.1) is 20.6 Å². The molecule has 2 aromatic rings. The van der Waals surface area contributed by atoms with Crippen LogP contribution in [0.15, 0.2) is 60.7 Å². The Morgan fingerprint density at radius 3 is 1.85 bits per heavy atom. The normalized spacial score (nSPS) is 11.5. The summed E-state index contributed by atoms with van der Waals surface area (Å²) in [6.07, 6.45) is 1.07. The van der Waals surface area contributed by atoms with Gasteiger partial charge in [0.25, 0.3) is 0 Å². The smallest absolute Gasteiger partial charge is 0.347 e. The minimum absolute atomic E-state index is 0. The van der Waals surface area contributed by atoms with Crippen LogP contribution in [-0.4, -0.2) is 49.4 Å². The van der Waals surface area contributed by atoms with E-state index in [0.29, 0.717) is 17.7 Å². The highest BCUT2D eigenvalue weighted by Crippen LogP contribution is 2.31. The van der Waals surface area contributed by atoms with E-state index in [0.717, 1.165) is 17.4 Å². The van der Waals surface area contributed by atoms with Crippen LogP contribution < -0.4 is 17.0 Å². The molecule has 0 aliphatic heterocycles. The van der Waals surface area contributed by atoms with Crippen molar-refractivity contribution < 1.29 is 36.1 Å². The molecule has 2 aromatic carbocycles. The first-order valence-electron chi connectivity index (χ1n) is 8.73. The molecule has 0 fully saturated rings. The standard InChI is InChI=1S/C21H28NO3.BrH/c1-4-15-22(2,3)16-17-25-20(23)21(24,18-11-7-5-8-12-18)19-13-9-6-10-14-19;/h5-14,24H,4,15-17H2,1-3H3;1H/q+1;/p-1. The molecule has 0 saturated carbocycles. The highest BCUT2D eigenvalue weighted by molar-refractivity contribution is 5.85. The molecule has 0 heterocycles. The van der Waals surface area contributed by atoms with Crippen molar-refractivity contribution in [3.63, 3.8) is 0 Å². The third-order valence-electron chi connectivity index (χ3n) is 4.44. The van der Waals surface area contributed by atoms with Crippen LogP contribution in [-0.2, 0) is 15.1 Å². The second-order valence-electron chi connectivity index (χ2n) is 6.96. The van der Waals surface area contributed by atoms with Crippen LogP contribution in [0.4, 0.5) is 0 Å². The molecule has 0 atom stereocenters. The van der Waals surface area contributed by atoms with Gasteiger partial charge in [-0.25, -0.2) is 4.79 Å². The maximum Gasteiger partial charge on any atom is 0.347 e. The van der Waals surface area contributed by atoms with Gasteiger partial charge in [0, 0.05) is 0 Å². The number of quaternary nitrogens is 1. The summed E-state index contributed by atoms with van der Waals surface area (Å²) in [5.41, 5.74) is -0.785. The highest BCUT2D eigenvalue weighted by atomic mass is 79.9. The fraction of sp³-hybridized carbons (Fsp3) is 0.381. The van der Waals surface area contributed by atoms with E-state index in [1.807, 2.05) is 12.1 Å². The molecule has 0 aliphatic carbocycles. The van der Waals surface area contributed by atoms with E-state index in [-0.39, 0.29) is 23.6 Å². The number of nitrogens with zero attached hydrogens (tertiary/aromatic N) is 1. The monoisotopic (exact) mass is 421 g/mol. The number of carbonyl (C=O) groups excluding carboxylic acids is 1. The first-order chi connectivity index (χ1) is 11.9. The number of hydrogen-bond donors (Lipinski definition) is 1. The molecule has 0 spiro atoms. The van der Waals surface area contributed by atoms with Crippen LogP contribution in [0.1, 0.15) is 24.5 Å². The molecular weight excluding hydrogens is 394 g/mol. The van der Waals surface area contributed by atoms with E-state index < -0.39 is 11.6 Å². The van der Waals surface area contributed by atoms with Gasteiger partial charge in [-0.3, -0.25) is 0 Å². The molecule has 0 radical (unpaired) electrons. The van der Waals surface area contributed by atoms with Crippen molar-refractivity contribution in [1.82, 2.24) is 0 Å². The van der Waals surface area contributed by atoms with Gasteiger partial charge in [0.15, 0.2) is 0 Å². The third kappa shape index (κ3) is 5.40. The van der Waals surface area contributed by atoms with Gasteiger partial charge in [-0.15, -0.1) is 0 Å². The second kappa shape index (κ2) is 9.86. The number of benzene rings is 2. The summed E-state index contributed by atoms with van der Waals surface area (Å²) in [7, 11) is 4.22. The third-order valence-corrected chi connectivity index (χ3v) is 4.44. The Balaban J connectivity index is 0.00000338. The van der Waals surface area contributed by atoms with Gasteiger partial charge in [-0.1, -0.05) is 67.6 Å². The molecule has 0 amide bonds. The van der Waals surface area contributed by atoms with Crippen molar-refractivity contribution in [2.45, 2.75) is 18.9 Å². The zero-order valence-corrected chi connectivity index (χ0v) is 17.3. The summed E-state index contributed by atoms with van der Waals surface area (Å²) in [5, 5.41) is 11.3. The Kier molecular flexibility index (Phi) is 8.47. The highest BCUT2D eigenvalue weighted by Gasteiger charge is 2.41. The van der Waals surface area contributed by atoms with E-state index in [1.165, 1.54) is 0 Å². The van der Waals surface area contributed by atoms with Crippen molar-refractivity contribution in [2.75, 3.05) is 33.8 Å². The number of rotatable bonds is 8. The fourth-order valence-corrected chi connectivity index (χ4v) is 2.97. The topological polar surface area (TPSA) is 46.5 Å². The van der Waals surface area contributed by atoms with E-state index >= 15 is 0 Å². The second-order valence-corrected chi connectivity index (χ2v) is 6.96. The first kappa shape index (κ1) is 22.4. The first-order valence-corrected chi connectivity index (χ1v) is 8.73. The molecule has 0 unspecified atom stereocenters. The minimum Gasteiger partial charge on any atom is -1.00 e. The lowest BCUT2D eigenvalue weighted by molar-refractivity contribution is -0.890. The fourth-order valence-electron chi connectivity index (χ4n) is 2.97. The van der Waals surface area contributed by atoms with Crippen molar-refractivity contribution in [1.29, 1.82) is 0 Å². The Morgan fingerprint density at radius 2 is 1.42 bits per heavy atom. The summed E-state index contributed by atoms with van der Waals surface area (Å²) in [4.78, 5) is 12.8.